The maximum Gasteiger partial charge on any atom is 0.337 e. The lowest BCUT2D eigenvalue weighted by Gasteiger charge is -2.07. The van der Waals surface area contributed by atoms with Crippen LogP contribution in [-0.2, 0) is 26.6 Å². The minimum atomic E-state index is -4.21. The number of nitrogens with two attached hydrogens (primary N) is 1. The molecule has 0 fully saturated rings. The van der Waals surface area contributed by atoms with Gasteiger partial charge in [0.25, 0.3) is 0 Å². The van der Waals surface area contributed by atoms with E-state index in [4.69, 9.17) is 10.2 Å². The Balaban J connectivity index is 3.24. The van der Waals surface area contributed by atoms with Crippen molar-refractivity contribution in [3.8, 4) is 0 Å². The highest BCUT2D eigenvalue weighted by molar-refractivity contribution is 7.89. The number of rotatable bonds is 5. The molecule has 10 heteroatoms. The van der Waals surface area contributed by atoms with Crippen molar-refractivity contribution in [1.82, 2.24) is 4.72 Å². The number of hydrogen-bond acceptors (Lipinski definition) is 5. The summed E-state index contributed by atoms with van der Waals surface area (Å²) in [6.07, 6.45) is 0.944. The maximum atomic E-state index is 11.3. The van der Waals surface area contributed by atoms with Crippen molar-refractivity contribution in [3.05, 3.63) is 29.3 Å². The van der Waals surface area contributed by atoms with Gasteiger partial charge in [-0.05, 0) is 17.7 Å². The van der Waals surface area contributed by atoms with Crippen LogP contribution in [0.1, 0.15) is 15.9 Å². The first-order chi connectivity index (χ1) is 8.50. The zero-order valence-corrected chi connectivity index (χ0v) is 11.5. The van der Waals surface area contributed by atoms with Crippen LogP contribution in [0.4, 0.5) is 0 Å². The molecule has 0 saturated carbocycles. The molecule has 0 unspecified atom stereocenters. The molecule has 8 nitrogen and oxygen atoms in total. The number of carbonyl (C=O) groups is 1. The van der Waals surface area contributed by atoms with Crippen LogP contribution >= 0.6 is 0 Å². The number of carboxylic acid groups (broad SMARTS) is 1. The zero-order chi connectivity index (χ0) is 14.8. The predicted octanol–water partition coefficient (Wildman–Crippen LogP) is -0.919. The van der Waals surface area contributed by atoms with Crippen LogP contribution in [0.5, 0.6) is 0 Å². The van der Waals surface area contributed by atoms with Crippen LogP contribution < -0.4 is 9.86 Å². The molecule has 0 amide bonds. The lowest BCUT2D eigenvalue weighted by Crippen LogP contribution is -2.22. The topological polar surface area (TPSA) is 144 Å². The highest BCUT2D eigenvalue weighted by atomic mass is 32.2. The summed E-state index contributed by atoms with van der Waals surface area (Å²) in [5.41, 5.74) is -0.190. The highest BCUT2D eigenvalue weighted by Crippen LogP contribution is 2.16. The third kappa shape index (κ3) is 4.59. The number of nitrogens with one attached hydrogen (secondary N) is 1. The molecule has 106 valence electrons. The van der Waals surface area contributed by atoms with E-state index in [1.54, 1.807) is 0 Å². The van der Waals surface area contributed by atoms with Gasteiger partial charge in [-0.1, -0.05) is 6.07 Å². The van der Waals surface area contributed by atoms with Gasteiger partial charge >= 0.3 is 5.97 Å². The summed E-state index contributed by atoms with van der Waals surface area (Å²) in [4.78, 5) is 10.3. The van der Waals surface area contributed by atoms with E-state index in [1.165, 1.54) is 6.07 Å². The molecule has 1 aromatic rings. The molecule has 0 aromatic heterocycles. The number of primary sulfonamides is 1. The Morgan fingerprint density at radius 2 is 1.89 bits per heavy atom. The van der Waals surface area contributed by atoms with E-state index in [0.29, 0.717) is 0 Å². The van der Waals surface area contributed by atoms with Gasteiger partial charge in [0.05, 0.1) is 16.7 Å². The van der Waals surface area contributed by atoms with Crippen molar-refractivity contribution < 1.29 is 26.7 Å². The summed E-state index contributed by atoms with van der Waals surface area (Å²) in [5.74, 6) is -1.44. The minimum absolute atomic E-state index is 0.165. The second-order valence-electron chi connectivity index (χ2n) is 3.77. The fraction of sp³-hybridized carbons (Fsp3) is 0.222. The number of carboxylic acids is 1. The molecule has 0 heterocycles. The first-order valence-corrected chi connectivity index (χ1v) is 8.28. The molecule has 0 spiro atoms. The molecule has 0 aliphatic heterocycles. The Morgan fingerprint density at radius 1 is 1.32 bits per heavy atom. The van der Waals surface area contributed by atoms with Gasteiger partial charge in [-0.3, -0.25) is 0 Å². The van der Waals surface area contributed by atoms with Crippen molar-refractivity contribution in [3.63, 3.8) is 0 Å². The van der Waals surface area contributed by atoms with Gasteiger partial charge in [-0.25, -0.2) is 31.5 Å². The first kappa shape index (κ1) is 15.6. The fourth-order valence-corrected chi connectivity index (χ4v) is 2.51. The molecule has 0 aliphatic carbocycles. The van der Waals surface area contributed by atoms with Gasteiger partial charge in [-0.2, -0.15) is 0 Å². The molecule has 19 heavy (non-hydrogen) atoms. The number of sulfonamides is 2. The van der Waals surface area contributed by atoms with E-state index in [2.05, 4.69) is 4.72 Å². The van der Waals surface area contributed by atoms with Crippen molar-refractivity contribution >= 4 is 26.0 Å². The van der Waals surface area contributed by atoms with Crippen LogP contribution in [0, 0.1) is 0 Å². The van der Waals surface area contributed by atoms with Crippen molar-refractivity contribution in [1.29, 1.82) is 0 Å². The van der Waals surface area contributed by atoms with Gasteiger partial charge in [0.1, 0.15) is 0 Å². The van der Waals surface area contributed by atoms with Crippen molar-refractivity contribution in [2.75, 3.05) is 6.26 Å². The Morgan fingerprint density at radius 3 is 2.32 bits per heavy atom. The van der Waals surface area contributed by atoms with E-state index in [-0.39, 0.29) is 12.1 Å². The summed E-state index contributed by atoms with van der Waals surface area (Å²) in [6, 6.07) is 3.38. The molecule has 1 aromatic carbocycles. The van der Waals surface area contributed by atoms with Gasteiger partial charge in [0, 0.05) is 6.54 Å². The minimum Gasteiger partial charge on any atom is -0.478 e. The molecule has 0 saturated heterocycles. The summed E-state index contributed by atoms with van der Waals surface area (Å²) >= 11 is 0. The maximum absolute atomic E-state index is 11.3. The molecular formula is C9H12N2O6S2. The van der Waals surface area contributed by atoms with Gasteiger partial charge in [0.15, 0.2) is 0 Å². The predicted molar refractivity (Wildman–Crippen MR) is 66.5 cm³/mol. The summed E-state index contributed by atoms with van der Waals surface area (Å²) in [5, 5.41) is 13.8. The zero-order valence-electron chi connectivity index (χ0n) is 9.82. The first-order valence-electron chi connectivity index (χ1n) is 4.84. The average molecular weight is 308 g/mol. The monoisotopic (exact) mass is 308 g/mol. The normalized spacial score (nSPS) is 12.3. The molecule has 0 aliphatic rings. The van der Waals surface area contributed by atoms with E-state index in [0.717, 1.165) is 18.4 Å². The second-order valence-corrected chi connectivity index (χ2v) is 7.14. The Kier molecular flexibility index (Phi) is 4.30. The van der Waals surface area contributed by atoms with Gasteiger partial charge in [-0.15, -0.1) is 0 Å². The average Bonchev–Trinajstić information content (AvgIpc) is 2.23. The smallest absolute Gasteiger partial charge is 0.337 e. The molecule has 0 atom stereocenters. The quantitative estimate of drug-likeness (QED) is 0.642. The Bertz CT molecular complexity index is 708. The summed E-state index contributed by atoms with van der Waals surface area (Å²) < 4.78 is 46.6. The molecule has 4 N–H and O–H groups in total. The standard InChI is InChI=1S/C9H12N2O6S2/c1-18(14,15)11-5-6-2-3-7(9(12)13)8(4-6)19(10,16)17/h2-4,11H,5H2,1H3,(H,12,13)(H2,10,16,17). The third-order valence-electron chi connectivity index (χ3n) is 2.12. The van der Waals surface area contributed by atoms with E-state index in [9.17, 15) is 21.6 Å². The third-order valence-corrected chi connectivity index (χ3v) is 3.74. The lowest BCUT2D eigenvalue weighted by atomic mass is 10.1. The van der Waals surface area contributed by atoms with Crippen LogP contribution in [0.3, 0.4) is 0 Å². The van der Waals surface area contributed by atoms with Crippen molar-refractivity contribution in [2.24, 2.45) is 5.14 Å². The molecule has 0 bridgehead atoms. The van der Waals surface area contributed by atoms with Crippen LogP contribution in [0.2, 0.25) is 0 Å². The Labute approximate surface area is 110 Å². The lowest BCUT2D eigenvalue weighted by molar-refractivity contribution is 0.0692. The van der Waals surface area contributed by atoms with Crippen LogP contribution in [-0.4, -0.2) is 34.2 Å². The van der Waals surface area contributed by atoms with E-state index < -0.39 is 36.5 Å². The van der Waals surface area contributed by atoms with Crippen LogP contribution in [0.15, 0.2) is 23.1 Å². The second kappa shape index (κ2) is 5.25. The number of aromatic carboxylic acids is 1. The molecule has 1 rings (SSSR count). The largest absolute Gasteiger partial charge is 0.478 e. The van der Waals surface area contributed by atoms with E-state index >= 15 is 0 Å². The van der Waals surface area contributed by atoms with Gasteiger partial charge < -0.3 is 5.11 Å². The number of benzene rings is 1. The van der Waals surface area contributed by atoms with Gasteiger partial charge in [0.2, 0.25) is 20.0 Å². The SMILES string of the molecule is CS(=O)(=O)NCc1ccc(C(=O)O)c(S(N)(=O)=O)c1. The summed E-state index contributed by atoms with van der Waals surface area (Å²) in [7, 11) is -7.66. The fourth-order valence-electron chi connectivity index (χ4n) is 1.30. The summed E-state index contributed by atoms with van der Waals surface area (Å²) in [6.45, 7) is -0.165. The number of hydrogen-bond donors (Lipinski definition) is 3. The Hall–Kier alpha value is -1.49. The van der Waals surface area contributed by atoms with Crippen LogP contribution in [0.25, 0.3) is 0 Å². The van der Waals surface area contributed by atoms with E-state index in [1.807, 2.05) is 0 Å². The molecule has 0 radical (unpaired) electrons. The highest BCUT2D eigenvalue weighted by Gasteiger charge is 2.19. The molecular weight excluding hydrogens is 296 g/mol. The van der Waals surface area contributed by atoms with Crippen molar-refractivity contribution in [2.45, 2.75) is 11.4 Å².